The lowest BCUT2D eigenvalue weighted by molar-refractivity contribution is -0.131. The maximum Gasteiger partial charge on any atom is 0.223 e. The molecule has 1 unspecified atom stereocenters. The Morgan fingerprint density at radius 3 is 3.12 bits per heavy atom. The zero-order chi connectivity index (χ0) is 12.3. The SMILES string of the molecule is CCC1C=CCN1C(=O)CCc1scnc1C. The van der Waals surface area contributed by atoms with E-state index in [-0.39, 0.29) is 5.91 Å². The second-order valence-corrected chi connectivity index (χ2v) is 5.25. The van der Waals surface area contributed by atoms with Crippen LogP contribution in [0.2, 0.25) is 0 Å². The lowest BCUT2D eigenvalue weighted by atomic mass is 10.2. The van der Waals surface area contributed by atoms with Crippen LogP contribution < -0.4 is 0 Å². The van der Waals surface area contributed by atoms with Crippen LogP contribution in [-0.4, -0.2) is 28.4 Å². The molecule has 3 nitrogen and oxygen atoms in total. The third kappa shape index (κ3) is 2.75. The van der Waals surface area contributed by atoms with E-state index >= 15 is 0 Å². The van der Waals surface area contributed by atoms with Gasteiger partial charge in [-0.3, -0.25) is 4.79 Å². The predicted octanol–water partition coefficient (Wildman–Crippen LogP) is 2.56. The molecule has 1 aromatic heterocycles. The van der Waals surface area contributed by atoms with E-state index in [1.54, 1.807) is 11.3 Å². The highest BCUT2D eigenvalue weighted by atomic mass is 32.1. The van der Waals surface area contributed by atoms with Crippen LogP contribution in [0, 0.1) is 6.92 Å². The van der Waals surface area contributed by atoms with Crippen LogP contribution in [0.5, 0.6) is 0 Å². The second-order valence-electron chi connectivity index (χ2n) is 4.31. The summed E-state index contributed by atoms with van der Waals surface area (Å²) in [5.41, 5.74) is 2.91. The number of hydrogen-bond acceptors (Lipinski definition) is 3. The Labute approximate surface area is 106 Å². The molecule has 0 saturated heterocycles. The summed E-state index contributed by atoms with van der Waals surface area (Å²) in [6.07, 6.45) is 6.64. The van der Waals surface area contributed by atoms with Crippen LogP contribution in [0.25, 0.3) is 0 Å². The van der Waals surface area contributed by atoms with Gasteiger partial charge in [0.1, 0.15) is 0 Å². The molecule has 0 saturated carbocycles. The number of nitrogens with zero attached hydrogens (tertiary/aromatic N) is 2. The Kier molecular flexibility index (Phi) is 3.94. The molecule has 0 aliphatic carbocycles. The van der Waals surface area contributed by atoms with Gasteiger partial charge in [-0.05, 0) is 19.8 Å². The number of carbonyl (C=O) groups is 1. The smallest absolute Gasteiger partial charge is 0.223 e. The Balaban J connectivity index is 1.88. The molecule has 92 valence electrons. The minimum absolute atomic E-state index is 0.259. The van der Waals surface area contributed by atoms with E-state index in [9.17, 15) is 4.79 Å². The largest absolute Gasteiger partial charge is 0.333 e. The van der Waals surface area contributed by atoms with Crippen LogP contribution in [0.4, 0.5) is 0 Å². The molecular weight excluding hydrogens is 232 g/mol. The third-order valence-corrected chi connectivity index (χ3v) is 4.20. The molecule has 1 amide bonds. The molecule has 0 aromatic carbocycles. The molecule has 2 heterocycles. The fourth-order valence-electron chi connectivity index (χ4n) is 2.14. The van der Waals surface area contributed by atoms with Gasteiger partial charge in [0.25, 0.3) is 0 Å². The molecule has 1 aliphatic rings. The number of aromatic nitrogens is 1. The highest BCUT2D eigenvalue weighted by molar-refractivity contribution is 7.09. The third-order valence-electron chi connectivity index (χ3n) is 3.21. The minimum atomic E-state index is 0.259. The first-order chi connectivity index (χ1) is 8.22. The monoisotopic (exact) mass is 250 g/mol. The summed E-state index contributed by atoms with van der Waals surface area (Å²) >= 11 is 1.64. The van der Waals surface area contributed by atoms with Crippen LogP contribution in [0.15, 0.2) is 17.7 Å². The summed E-state index contributed by atoms with van der Waals surface area (Å²) in [5, 5.41) is 0. The zero-order valence-electron chi connectivity index (χ0n) is 10.3. The number of aryl methyl sites for hydroxylation is 2. The van der Waals surface area contributed by atoms with Gasteiger partial charge in [-0.1, -0.05) is 19.1 Å². The van der Waals surface area contributed by atoms with Crippen molar-refractivity contribution >= 4 is 17.2 Å². The first-order valence-electron chi connectivity index (χ1n) is 6.07. The van der Waals surface area contributed by atoms with Crippen molar-refractivity contribution in [3.63, 3.8) is 0 Å². The normalized spacial score (nSPS) is 18.9. The summed E-state index contributed by atoms with van der Waals surface area (Å²) in [7, 11) is 0. The molecule has 17 heavy (non-hydrogen) atoms. The summed E-state index contributed by atoms with van der Waals surface area (Å²) in [4.78, 5) is 19.5. The van der Waals surface area contributed by atoms with Gasteiger partial charge >= 0.3 is 0 Å². The maximum atomic E-state index is 12.1. The van der Waals surface area contributed by atoms with Gasteiger partial charge in [-0.25, -0.2) is 4.98 Å². The lowest BCUT2D eigenvalue weighted by Crippen LogP contribution is -2.35. The fraction of sp³-hybridized carbons (Fsp3) is 0.538. The average Bonchev–Trinajstić information content (AvgIpc) is 2.94. The number of carbonyl (C=O) groups excluding carboxylic acids is 1. The fourth-order valence-corrected chi connectivity index (χ4v) is 2.93. The van der Waals surface area contributed by atoms with E-state index in [1.807, 2.05) is 17.3 Å². The van der Waals surface area contributed by atoms with Gasteiger partial charge in [-0.15, -0.1) is 11.3 Å². The molecule has 2 rings (SSSR count). The Hall–Kier alpha value is -1.16. The van der Waals surface area contributed by atoms with E-state index in [2.05, 4.69) is 24.1 Å². The summed E-state index contributed by atoms with van der Waals surface area (Å²) in [5.74, 6) is 0.259. The van der Waals surface area contributed by atoms with Crippen molar-refractivity contribution in [3.8, 4) is 0 Å². The van der Waals surface area contributed by atoms with Crippen molar-refractivity contribution in [1.82, 2.24) is 9.88 Å². The van der Waals surface area contributed by atoms with Crippen LogP contribution in [-0.2, 0) is 11.2 Å². The molecule has 1 aliphatic heterocycles. The van der Waals surface area contributed by atoms with Gasteiger partial charge < -0.3 is 4.90 Å². The summed E-state index contributed by atoms with van der Waals surface area (Å²) < 4.78 is 0. The lowest BCUT2D eigenvalue weighted by Gasteiger charge is -2.23. The quantitative estimate of drug-likeness (QED) is 0.769. The van der Waals surface area contributed by atoms with Gasteiger partial charge in [-0.2, -0.15) is 0 Å². The topological polar surface area (TPSA) is 33.2 Å². The molecule has 0 fully saturated rings. The van der Waals surface area contributed by atoms with Gasteiger partial charge in [0.15, 0.2) is 0 Å². The first-order valence-corrected chi connectivity index (χ1v) is 6.95. The molecular formula is C13H18N2OS. The minimum Gasteiger partial charge on any atom is -0.333 e. The molecule has 0 radical (unpaired) electrons. The molecule has 1 aromatic rings. The number of hydrogen-bond donors (Lipinski definition) is 0. The van der Waals surface area contributed by atoms with E-state index in [4.69, 9.17) is 0 Å². The number of rotatable bonds is 4. The molecule has 0 N–H and O–H groups in total. The van der Waals surface area contributed by atoms with Crippen molar-refractivity contribution in [3.05, 3.63) is 28.2 Å². The Morgan fingerprint density at radius 1 is 1.65 bits per heavy atom. The van der Waals surface area contributed by atoms with Gasteiger partial charge in [0, 0.05) is 17.8 Å². The van der Waals surface area contributed by atoms with Crippen molar-refractivity contribution < 1.29 is 4.79 Å². The highest BCUT2D eigenvalue weighted by Crippen LogP contribution is 2.18. The summed E-state index contributed by atoms with van der Waals surface area (Å²) in [6, 6.07) is 0.310. The van der Waals surface area contributed by atoms with E-state index in [1.165, 1.54) is 4.88 Å². The van der Waals surface area contributed by atoms with E-state index in [0.717, 1.165) is 25.1 Å². The zero-order valence-corrected chi connectivity index (χ0v) is 11.2. The van der Waals surface area contributed by atoms with Crippen LogP contribution >= 0.6 is 11.3 Å². The van der Waals surface area contributed by atoms with Crippen molar-refractivity contribution in [2.24, 2.45) is 0 Å². The average molecular weight is 250 g/mol. The van der Waals surface area contributed by atoms with Gasteiger partial charge in [0.05, 0.1) is 17.2 Å². The molecule has 0 bridgehead atoms. The Bertz CT molecular complexity index is 425. The Morgan fingerprint density at radius 2 is 2.47 bits per heavy atom. The highest BCUT2D eigenvalue weighted by Gasteiger charge is 2.22. The number of thiazole rings is 1. The van der Waals surface area contributed by atoms with Crippen molar-refractivity contribution in [1.29, 1.82) is 0 Å². The standard InChI is InChI=1S/C13H18N2OS/c1-3-11-5-4-8-15(11)13(16)7-6-12-10(2)14-9-17-12/h4-5,9,11H,3,6-8H2,1-2H3. The molecule has 0 spiro atoms. The van der Waals surface area contributed by atoms with Crippen molar-refractivity contribution in [2.75, 3.05) is 6.54 Å². The van der Waals surface area contributed by atoms with Gasteiger partial charge in [0.2, 0.25) is 5.91 Å². The first kappa shape index (κ1) is 12.3. The van der Waals surface area contributed by atoms with Crippen LogP contribution in [0.1, 0.15) is 30.3 Å². The molecule has 4 heteroatoms. The number of amides is 1. The van der Waals surface area contributed by atoms with Crippen molar-refractivity contribution in [2.45, 2.75) is 39.2 Å². The predicted molar refractivity (Wildman–Crippen MR) is 70.1 cm³/mol. The summed E-state index contributed by atoms with van der Waals surface area (Å²) in [6.45, 7) is 4.90. The molecule has 1 atom stereocenters. The van der Waals surface area contributed by atoms with E-state index in [0.29, 0.717) is 12.5 Å². The maximum absolute atomic E-state index is 12.1. The van der Waals surface area contributed by atoms with E-state index < -0.39 is 0 Å². The van der Waals surface area contributed by atoms with Crippen LogP contribution in [0.3, 0.4) is 0 Å². The second kappa shape index (κ2) is 5.45.